The van der Waals surface area contributed by atoms with Crippen molar-refractivity contribution in [3.63, 3.8) is 0 Å². The van der Waals surface area contributed by atoms with E-state index in [9.17, 15) is 9.59 Å². The minimum absolute atomic E-state index is 0.0101. The summed E-state index contributed by atoms with van der Waals surface area (Å²) in [7, 11) is 1.62. The van der Waals surface area contributed by atoms with Gasteiger partial charge in [-0.1, -0.05) is 0 Å². The molecule has 0 spiro atoms. The van der Waals surface area contributed by atoms with Crippen LogP contribution in [0.2, 0.25) is 0 Å². The molecule has 0 aromatic carbocycles. The molecule has 0 aliphatic carbocycles. The van der Waals surface area contributed by atoms with E-state index in [1.165, 1.54) is 11.3 Å². The van der Waals surface area contributed by atoms with E-state index in [1.807, 2.05) is 4.90 Å². The smallest absolute Gasteiger partial charge is 0.276 e. The Kier molecular flexibility index (Phi) is 8.75. The van der Waals surface area contributed by atoms with Crippen LogP contribution in [0.15, 0.2) is 17.6 Å². The zero-order valence-corrected chi connectivity index (χ0v) is 17.8. The van der Waals surface area contributed by atoms with Gasteiger partial charge in [-0.3, -0.25) is 14.7 Å². The van der Waals surface area contributed by atoms with Gasteiger partial charge in [-0.25, -0.2) is 4.98 Å². The number of amides is 2. The zero-order chi connectivity index (χ0) is 21.2. The lowest BCUT2D eigenvalue weighted by Crippen LogP contribution is -2.40. The molecule has 0 unspecified atom stereocenters. The largest absolute Gasteiger partial charge is 0.382 e. The number of carbonyl (C=O) groups excluding carboxylic acids is 2. The minimum Gasteiger partial charge on any atom is -0.382 e. The van der Waals surface area contributed by atoms with E-state index < -0.39 is 0 Å². The second-order valence-electron chi connectivity index (χ2n) is 6.81. The lowest BCUT2D eigenvalue weighted by atomic mass is 9.97. The van der Waals surface area contributed by atoms with Gasteiger partial charge in [0.1, 0.15) is 18.1 Å². The normalized spacial score (nSPS) is 14.8. The maximum atomic E-state index is 12.3. The van der Waals surface area contributed by atoms with Gasteiger partial charge < -0.3 is 24.4 Å². The number of anilines is 1. The molecular weight excluding hydrogens is 410 g/mol. The molecule has 2 aromatic rings. The summed E-state index contributed by atoms with van der Waals surface area (Å²) in [5.41, 5.74) is 0.393. The Bertz CT molecular complexity index is 789. The quantitative estimate of drug-likeness (QED) is 0.512. The molecule has 2 N–H and O–H groups in total. The van der Waals surface area contributed by atoms with Gasteiger partial charge in [-0.05, 0) is 12.8 Å². The Balaban J connectivity index is 1.36. The first kappa shape index (κ1) is 22.3. The highest BCUT2D eigenvalue weighted by atomic mass is 32.1. The number of rotatable bonds is 11. The number of nitrogens with one attached hydrogen (secondary N) is 2. The highest BCUT2D eigenvalue weighted by Crippen LogP contribution is 2.30. The van der Waals surface area contributed by atoms with Crippen LogP contribution in [0.4, 0.5) is 5.82 Å². The van der Waals surface area contributed by atoms with Gasteiger partial charge >= 0.3 is 0 Å². The maximum Gasteiger partial charge on any atom is 0.276 e. The van der Waals surface area contributed by atoms with Crippen molar-refractivity contribution in [2.45, 2.75) is 18.8 Å². The third-order valence-corrected chi connectivity index (χ3v) is 5.74. The van der Waals surface area contributed by atoms with Crippen molar-refractivity contribution in [2.75, 3.05) is 58.6 Å². The molecule has 1 aliphatic rings. The van der Waals surface area contributed by atoms with E-state index in [-0.39, 0.29) is 24.3 Å². The molecule has 164 valence electrons. The molecule has 10 nitrogen and oxygen atoms in total. The van der Waals surface area contributed by atoms with Crippen LogP contribution in [-0.4, -0.2) is 85.1 Å². The van der Waals surface area contributed by atoms with Crippen LogP contribution in [0.1, 0.15) is 34.3 Å². The Hall–Kier alpha value is -2.34. The van der Waals surface area contributed by atoms with Gasteiger partial charge in [0, 0.05) is 37.6 Å². The van der Waals surface area contributed by atoms with Crippen LogP contribution in [0, 0.1) is 0 Å². The molecule has 0 bridgehead atoms. The van der Waals surface area contributed by atoms with Crippen molar-refractivity contribution in [1.82, 2.24) is 20.1 Å². The van der Waals surface area contributed by atoms with Gasteiger partial charge in [0.05, 0.1) is 37.6 Å². The summed E-state index contributed by atoms with van der Waals surface area (Å²) >= 11 is 1.48. The zero-order valence-electron chi connectivity index (χ0n) is 17.0. The third kappa shape index (κ3) is 6.59. The number of likely N-dealkylation sites (tertiary alicyclic amines) is 1. The summed E-state index contributed by atoms with van der Waals surface area (Å²) in [6, 6.07) is 1.68. The molecule has 0 saturated carbocycles. The molecule has 2 amide bonds. The van der Waals surface area contributed by atoms with Crippen LogP contribution < -0.4 is 5.32 Å². The van der Waals surface area contributed by atoms with E-state index in [0.29, 0.717) is 51.0 Å². The summed E-state index contributed by atoms with van der Waals surface area (Å²) in [5.74, 6) is 0.509. The lowest BCUT2D eigenvalue weighted by Gasteiger charge is -2.31. The van der Waals surface area contributed by atoms with Crippen LogP contribution in [0.3, 0.4) is 0 Å². The topological polar surface area (TPSA) is 119 Å². The van der Waals surface area contributed by atoms with Crippen molar-refractivity contribution < 1.29 is 23.8 Å². The molecule has 0 atom stereocenters. The predicted molar refractivity (Wildman–Crippen MR) is 111 cm³/mol. The number of hydrogen-bond donors (Lipinski definition) is 2. The summed E-state index contributed by atoms with van der Waals surface area (Å²) in [5, 5.41) is 11.9. The molecule has 30 heavy (non-hydrogen) atoms. The number of thiazole rings is 1. The van der Waals surface area contributed by atoms with Gasteiger partial charge in [0.25, 0.3) is 5.91 Å². The van der Waals surface area contributed by atoms with Crippen molar-refractivity contribution in [2.24, 2.45) is 0 Å². The molecule has 3 rings (SSSR count). The monoisotopic (exact) mass is 437 g/mol. The molecular formula is C19H27N5O5S. The summed E-state index contributed by atoms with van der Waals surface area (Å²) in [6.45, 7) is 3.27. The van der Waals surface area contributed by atoms with Crippen LogP contribution in [0.25, 0.3) is 0 Å². The first-order chi connectivity index (χ1) is 14.7. The van der Waals surface area contributed by atoms with Crippen molar-refractivity contribution in [3.05, 3.63) is 28.3 Å². The Morgan fingerprint density at radius 1 is 1.23 bits per heavy atom. The summed E-state index contributed by atoms with van der Waals surface area (Å²) < 4.78 is 15.6. The van der Waals surface area contributed by atoms with Crippen LogP contribution in [0.5, 0.6) is 0 Å². The first-order valence-corrected chi connectivity index (χ1v) is 10.7. The number of piperidine rings is 1. The number of aromatic nitrogens is 3. The molecule has 11 heteroatoms. The highest BCUT2D eigenvalue weighted by Gasteiger charge is 2.26. The highest BCUT2D eigenvalue weighted by molar-refractivity contribution is 7.10. The number of methoxy groups -OCH3 is 1. The SMILES string of the molecule is COCCOCCOCC(=O)N1CCC(c2nc(C(=O)Nc3ccn[nH]3)cs2)CC1. The van der Waals surface area contributed by atoms with E-state index in [1.54, 1.807) is 24.8 Å². The number of aromatic amines is 1. The van der Waals surface area contributed by atoms with Crippen LogP contribution >= 0.6 is 11.3 Å². The third-order valence-electron chi connectivity index (χ3n) is 4.73. The second kappa shape index (κ2) is 11.7. The molecule has 1 aliphatic heterocycles. The van der Waals surface area contributed by atoms with E-state index >= 15 is 0 Å². The Morgan fingerprint density at radius 2 is 2.00 bits per heavy atom. The molecule has 1 fully saturated rings. The Morgan fingerprint density at radius 3 is 2.73 bits per heavy atom. The fourth-order valence-corrected chi connectivity index (χ4v) is 4.05. The Labute approximate surface area is 178 Å². The van der Waals surface area contributed by atoms with Crippen LogP contribution in [-0.2, 0) is 19.0 Å². The number of H-pyrrole nitrogens is 1. The lowest BCUT2D eigenvalue weighted by molar-refractivity contribution is -0.137. The average molecular weight is 438 g/mol. The van der Waals surface area contributed by atoms with Gasteiger partial charge in [-0.15, -0.1) is 11.3 Å². The van der Waals surface area contributed by atoms with Crippen molar-refractivity contribution >= 4 is 29.0 Å². The van der Waals surface area contributed by atoms with Gasteiger partial charge in [0.2, 0.25) is 5.91 Å². The summed E-state index contributed by atoms with van der Waals surface area (Å²) in [6.07, 6.45) is 3.21. The van der Waals surface area contributed by atoms with Gasteiger partial charge in [-0.2, -0.15) is 5.10 Å². The number of hydrogen-bond acceptors (Lipinski definition) is 8. The fourth-order valence-electron chi connectivity index (χ4n) is 3.08. The predicted octanol–water partition coefficient (Wildman–Crippen LogP) is 1.50. The number of ether oxygens (including phenoxy) is 3. The molecule has 2 aromatic heterocycles. The van der Waals surface area contributed by atoms with Crippen molar-refractivity contribution in [1.29, 1.82) is 0 Å². The molecule has 1 saturated heterocycles. The minimum atomic E-state index is -0.266. The van der Waals surface area contributed by atoms with E-state index in [0.717, 1.165) is 17.8 Å². The summed E-state index contributed by atoms with van der Waals surface area (Å²) in [4.78, 5) is 30.9. The number of nitrogens with zero attached hydrogens (tertiary/aromatic N) is 3. The fraction of sp³-hybridized carbons (Fsp3) is 0.579. The molecule has 3 heterocycles. The van der Waals surface area contributed by atoms with Gasteiger partial charge in [0.15, 0.2) is 0 Å². The average Bonchev–Trinajstić information content (AvgIpc) is 3.45. The maximum absolute atomic E-state index is 12.3. The first-order valence-electron chi connectivity index (χ1n) is 9.85. The second-order valence-corrected chi connectivity index (χ2v) is 7.70. The number of carbonyl (C=O) groups is 2. The standard InChI is InChI=1S/C19H27N5O5S/c1-27-8-9-28-10-11-29-12-17(25)24-6-3-14(4-7-24)19-21-15(13-30-19)18(26)22-16-2-5-20-23-16/h2,5,13-14H,3-4,6-12H2,1H3,(H2,20,22,23,26). The van der Waals surface area contributed by atoms with Crippen molar-refractivity contribution in [3.8, 4) is 0 Å². The van der Waals surface area contributed by atoms with E-state index in [2.05, 4.69) is 20.5 Å². The molecule has 0 radical (unpaired) electrons. The van der Waals surface area contributed by atoms with E-state index in [4.69, 9.17) is 14.2 Å².